The van der Waals surface area contributed by atoms with E-state index in [9.17, 15) is 111 Å². The molecule has 7 aliphatic rings. The topological polar surface area (TPSA) is 592 Å². The molecule has 0 radical (unpaired) electrons. The largest absolute Gasteiger partial charge is 0.394 e. The van der Waals surface area contributed by atoms with E-state index in [1.807, 2.05) is 0 Å². The van der Waals surface area contributed by atoms with E-state index in [-0.39, 0.29) is 0 Å². The minimum atomic E-state index is -2.36. The van der Waals surface area contributed by atoms with Crippen LogP contribution < -0.4 is 16.0 Å². The van der Waals surface area contributed by atoms with Crippen LogP contribution in [0.3, 0.4) is 0 Å². The summed E-state index contributed by atoms with van der Waals surface area (Å²) in [7, 11) is 0. The molecule has 7 rings (SSSR count). The van der Waals surface area contributed by atoms with Gasteiger partial charge in [-0.25, -0.2) is 0 Å². The fourth-order valence-corrected chi connectivity index (χ4v) is 10.9. The van der Waals surface area contributed by atoms with Gasteiger partial charge in [-0.05, 0) is 6.92 Å². The van der Waals surface area contributed by atoms with Crippen LogP contribution in [0, 0.1) is 0 Å². The summed E-state index contributed by atoms with van der Waals surface area (Å²) in [4.78, 5) is 37.5. The quantitative estimate of drug-likeness (QED) is 0.0507. The highest BCUT2D eigenvalue weighted by Gasteiger charge is 2.59. The molecule has 498 valence electrons. The highest BCUT2D eigenvalue weighted by Crippen LogP contribution is 2.38. The molecular weight excluding hydrogens is 1180 g/mol. The molecule has 38 nitrogen and oxygen atoms in total. The second-order valence-corrected chi connectivity index (χ2v) is 21.8. The molecule has 0 spiro atoms. The average Bonchev–Trinajstić information content (AvgIpc) is 2.37. The predicted octanol–water partition coefficient (Wildman–Crippen LogP) is -14.8. The van der Waals surface area contributed by atoms with Gasteiger partial charge in [0.2, 0.25) is 17.7 Å². The maximum absolute atomic E-state index is 13.0. The Balaban J connectivity index is 1.21. The lowest BCUT2D eigenvalue weighted by molar-refractivity contribution is -0.401. The van der Waals surface area contributed by atoms with E-state index in [1.54, 1.807) is 0 Å². The zero-order valence-electron chi connectivity index (χ0n) is 46.5. The Hall–Kier alpha value is -2.87. The van der Waals surface area contributed by atoms with Crippen molar-refractivity contribution in [2.24, 2.45) is 0 Å². The molecule has 0 aromatic heterocycles. The molecule has 1 unspecified atom stereocenters. The minimum absolute atomic E-state index is 0.780. The minimum Gasteiger partial charge on any atom is -0.394 e. The molecule has 0 aromatic rings. The molecule has 38 heteroatoms. The first-order chi connectivity index (χ1) is 40.6. The number of nitrogens with one attached hydrogen (secondary N) is 3. The number of carbonyl (C=O) groups is 3. The molecule has 7 saturated heterocycles. The van der Waals surface area contributed by atoms with Crippen molar-refractivity contribution in [2.75, 3.05) is 39.6 Å². The zero-order chi connectivity index (χ0) is 63.5. The number of rotatable bonds is 21. The summed E-state index contributed by atoms with van der Waals surface area (Å²) in [6.07, 6.45) is -61.7. The van der Waals surface area contributed by atoms with Crippen molar-refractivity contribution in [2.45, 2.75) is 242 Å². The van der Waals surface area contributed by atoms with E-state index >= 15 is 0 Å². The Labute approximate surface area is 488 Å². The number of aliphatic hydroxyl groups excluding tert-OH is 19. The summed E-state index contributed by atoms with van der Waals surface area (Å²) in [6, 6.07) is -5.28. The summed E-state index contributed by atoms with van der Waals surface area (Å²) >= 11 is 0. The van der Waals surface area contributed by atoms with Crippen molar-refractivity contribution < 1.29 is 173 Å². The van der Waals surface area contributed by atoms with Crippen molar-refractivity contribution in [3.8, 4) is 0 Å². The van der Waals surface area contributed by atoms with Crippen molar-refractivity contribution in [1.82, 2.24) is 16.0 Å². The Morgan fingerprint density at radius 2 is 0.663 bits per heavy atom. The van der Waals surface area contributed by atoms with E-state index in [2.05, 4.69) is 16.0 Å². The number of amides is 3. The smallest absolute Gasteiger partial charge is 0.217 e. The van der Waals surface area contributed by atoms with Gasteiger partial charge < -0.3 is 175 Å². The van der Waals surface area contributed by atoms with Crippen molar-refractivity contribution in [3.05, 3.63) is 0 Å². The Morgan fingerprint density at radius 3 is 1.17 bits per heavy atom. The van der Waals surface area contributed by atoms with Crippen LogP contribution >= 0.6 is 0 Å². The van der Waals surface area contributed by atoms with Gasteiger partial charge in [0.15, 0.2) is 44.0 Å². The first-order valence-corrected chi connectivity index (χ1v) is 27.5. The van der Waals surface area contributed by atoms with E-state index in [0.29, 0.717) is 0 Å². The third-order valence-electron chi connectivity index (χ3n) is 15.7. The number of hydrogen-bond acceptors (Lipinski definition) is 35. The second kappa shape index (κ2) is 30.5. The second-order valence-electron chi connectivity index (χ2n) is 21.8. The maximum atomic E-state index is 13.0. The third-order valence-corrected chi connectivity index (χ3v) is 15.7. The van der Waals surface area contributed by atoms with Crippen LogP contribution in [0.5, 0.6) is 0 Å². The van der Waals surface area contributed by atoms with Crippen LogP contribution in [0.15, 0.2) is 0 Å². The fraction of sp³-hybridized carbons (Fsp3) is 0.938. The van der Waals surface area contributed by atoms with Gasteiger partial charge in [0.25, 0.3) is 0 Å². The molecule has 7 aliphatic heterocycles. The molecule has 0 saturated carbocycles. The zero-order valence-corrected chi connectivity index (χ0v) is 46.5. The fourth-order valence-electron chi connectivity index (χ4n) is 10.9. The van der Waals surface area contributed by atoms with Crippen LogP contribution in [0.25, 0.3) is 0 Å². The summed E-state index contributed by atoms with van der Waals surface area (Å²) in [5, 5.41) is 214. The Bertz CT molecular complexity index is 2170. The van der Waals surface area contributed by atoms with Gasteiger partial charge in [-0.2, -0.15) is 0 Å². The molecule has 0 bridgehead atoms. The number of carbonyl (C=O) groups excluding carboxylic acids is 3. The van der Waals surface area contributed by atoms with Crippen molar-refractivity contribution in [1.29, 1.82) is 0 Å². The van der Waals surface area contributed by atoms with Crippen LogP contribution in [-0.2, 0) is 76.0 Å². The molecule has 3 amide bonds. The van der Waals surface area contributed by atoms with Gasteiger partial charge in [0.1, 0.15) is 165 Å². The summed E-state index contributed by atoms with van der Waals surface area (Å²) < 4.78 is 76.1. The van der Waals surface area contributed by atoms with Gasteiger partial charge >= 0.3 is 0 Å². The monoisotopic (exact) mass is 1260 g/mol. The van der Waals surface area contributed by atoms with Gasteiger partial charge in [-0.15, -0.1) is 0 Å². The molecular formula is C48H81N3O35. The van der Waals surface area contributed by atoms with E-state index in [1.165, 1.54) is 6.92 Å². The van der Waals surface area contributed by atoms with Gasteiger partial charge in [0.05, 0.1) is 45.7 Å². The molecule has 86 heavy (non-hydrogen) atoms. The van der Waals surface area contributed by atoms with Gasteiger partial charge in [-0.3, -0.25) is 14.4 Å². The van der Waals surface area contributed by atoms with E-state index < -0.39 is 272 Å². The highest BCUT2D eigenvalue weighted by atomic mass is 16.8. The van der Waals surface area contributed by atoms with Crippen molar-refractivity contribution >= 4 is 17.7 Å². The molecule has 7 fully saturated rings. The molecule has 22 N–H and O–H groups in total. The highest BCUT2D eigenvalue weighted by molar-refractivity contribution is 5.74. The van der Waals surface area contributed by atoms with Crippen LogP contribution in [0.2, 0.25) is 0 Å². The SMILES string of the molecule is CC(=O)N[C@H]1[C@H](O[C@H]2[C@H](O)[C@@H](NC(C)=O)C(O)O[C@@H]2CO[C@@H]2O[C@@H](C)[C@@H](O)[C@@H](O)[C@@H]2O)O[C@H](CO)[C@@H](O[C@@H]2O[C@H](CO[C@H]3O[C@H](CO)[C@@H](O)[C@H](O)[C@@H]3O)[C@@H](O)[C@H](O)[C@@H]2O[C@H]2O[C@H](CO)[C@@H](O)[C@H](O)[C@@H]2O[C@@H]2O[C@H](CO)[C@@H](O)[C@H](O)[C@H]2NC(C)=O)[C@@H]1O. The normalized spacial score (nSPS) is 49.4. The van der Waals surface area contributed by atoms with Gasteiger partial charge in [0, 0.05) is 20.8 Å². The lowest BCUT2D eigenvalue weighted by Gasteiger charge is -2.51. The maximum Gasteiger partial charge on any atom is 0.217 e. The van der Waals surface area contributed by atoms with Crippen molar-refractivity contribution in [3.63, 3.8) is 0 Å². The molecule has 7 heterocycles. The third kappa shape index (κ3) is 15.5. The lowest BCUT2D eigenvalue weighted by atomic mass is 9.93. The molecule has 0 aliphatic carbocycles. The average molecular weight is 1260 g/mol. The summed E-state index contributed by atoms with van der Waals surface area (Å²) in [6.45, 7) is -1.43. The number of ether oxygens (including phenoxy) is 13. The number of hydrogen-bond donors (Lipinski definition) is 22. The van der Waals surface area contributed by atoms with E-state index in [4.69, 9.17) is 61.6 Å². The Morgan fingerprint density at radius 1 is 0.326 bits per heavy atom. The van der Waals surface area contributed by atoms with Gasteiger partial charge in [-0.1, -0.05) is 0 Å². The Kier molecular flexibility index (Phi) is 25.0. The molecule has 0 aromatic carbocycles. The first-order valence-electron chi connectivity index (χ1n) is 27.5. The summed E-state index contributed by atoms with van der Waals surface area (Å²) in [5.41, 5.74) is 0. The number of aliphatic hydroxyl groups is 19. The van der Waals surface area contributed by atoms with Crippen LogP contribution in [-0.4, -0.2) is 369 Å². The lowest BCUT2D eigenvalue weighted by Crippen LogP contribution is -2.71. The van der Waals surface area contributed by atoms with Crippen LogP contribution in [0.1, 0.15) is 27.7 Å². The molecule has 35 atom stereocenters. The summed E-state index contributed by atoms with van der Waals surface area (Å²) in [5.74, 6) is -2.52. The first kappa shape index (κ1) is 70.6. The van der Waals surface area contributed by atoms with Crippen LogP contribution in [0.4, 0.5) is 0 Å². The van der Waals surface area contributed by atoms with E-state index in [0.717, 1.165) is 20.8 Å². The predicted molar refractivity (Wildman–Crippen MR) is 265 cm³/mol. The standard InChI is InChI=1S/C48H81N3O35/c1-11-24(59)32(67)36(71)45(76-11)75-10-20-39(30(65)21(42(73)77-20)49-12(2)56)83-44-23(51-14(4)58)31(66)38(18(8-55)81-44)84-48-41(35(70)28(63)19(82-48)9-74-46-37(72)33(68)26(61)16(6-53)79-46)86-47-40(34(69)27(62)17(7-54)80-47)85-43-22(50-13(3)57)29(64)25(60)15(5-52)78-43/h11,15-48,52-55,59-73H,5-10H2,1-4H3,(H,49,56)(H,50,57)(H,51,58)/t11-,15+,16+,17+,18+,19+,20+,21+,22+,23+,24+,25+,26+,27+,28+,29+,30+,31+,32+,33-,34-,35-,36-,37-,38+,39+,40-,41-,42?,43-,44-,45+,46-,47+,48-/m0/s1.